The van der Waals surface area contributed by atoms with Gasteiger partial charge in [0.25, 0.3) is 0 Å². The molecule has 5 atom stereocenters. The highest BCUT2D eigenvalue weighted by Gasteiger charge is 2.44. The standard InChI is InChI=1S/C26H25FN4O/c1-15(26(32)31-25-5-2-16(13-28)14-30-25)17-8-18-10-20(11-19(18)9-17)22-6-7-29-24-4-3-21(27)12-23(22)24/h2-7,12,14-15,17-20H,8-11H2,1H3,(H,30,31,32)/t15-,17-,18-,19+,20+/m1/s1. The number of carbonyl (C=O) groups excluding carboxylic acids is 1. The molecular formula is C26H25FN4O. The molecule has 3 aromatic rings. The number of benzene rings is 1. The number of carbonyl (C=O) groups is 1. The molecule has 2 aromatic heterocycles. The van der Waals surface area contributed by atoms with Crippen molar-refractivity contribution < 1.29 is 9.18 Å². The van der Waals surface area contributed by atoms with Crippen LogP contribution in [0.5, 0.6) is 0 Å². The fourth-order valence-electron chi connectivity index (χ4n) is 5.81. The fourth-order valence-corrected chi connectivity index (χ4v) is 5.81. The first-order valence-corrected chi connectivity index (χ1v) is 11.2. The first-order chi connectivity index (χ1) is 15.5. The molecule has 0 radical (unpaired) electrons. The summed E-state index contributed by atoms with van der Waals surface area (Å²) in [6.45, 7) is 2.00. The van der Waals surface area contributed by atoms with Gasteiger partial charge in [-0.2, -0.15) is 5.26 Å². The van der Waals surface area contributed by atoms with Gasteiger partial charge in [0.05, 0.1) is 11.1 Å². The van der Waals surface area contributed by atoms with Gasteiger partial charge in [-0.3, -0.25) is 9.78 Å². The van der Waals surface area contributed by atoms with Gasteiger partial charge in [0.15, 0.2) is 0 Å². The van der Waals surface area contributed by atoms with Crippen molar-refractivity contribution in [2.75, 3.05) is 5.32 Å². The Morgan fingerprint density at radius 1 is 1.12 bits per heavy atom. The Labute approximate surface area is 186 Å². The van der Waals surface area contributed by atoms with Crippen LogP contribution in [0.4, 0.5) is 10.2 Å². The summed E-state index contributed by atoms with van der Waals surface area (Å²) in [5, 5.41) is 12.7. The smallest absolute Gasteiger partial charge is 0.228 e. The Morgan fingerprint density at radius 3 is 2.59 bits per heavy atom. The van der Waals surface area contributed by atoms with Crippen molar-refractivity contribution in [3.8, 4) is 6.07 Å². The van der Waals surface area contributed by atoms with E-state index in [2.05, 4.69) is 15.3 Å². The van der Waals surface area contributed by atoms with Crippen LogP contribution in [-0.2, 0) is 4.79 Å². The number of anilines is 1. The number of nitrogens with zero attached hydrogens (tertiary/aromatic N) is 3. The van der Waals surface area contributed by atoms with Crippen LogP contribution < -0.4 is 5.32 Å². The summed E-state index contributed by atoms with van der Waals surface area (Å²) in [4.78, 5) is 21.3. The third-order valence-corrected chi connectivity index (χ3v) is 7.49. The molecule has 0 saturated heterocycles. The molecule has 1 aromatic carbocycles. The van der Waals surface area contributed by atoms with Crippen LogP contribution in [0, 0.1) is 40.8 Å². The maximum absolute atomic E-state index is 13.9. The second-order valence-corrected chi connectivity index (χ2v) is 9.30. The molecule has 1 N–H and O–H groups in total. The van der Waals surface area contributed by atoms with E-state index in [1.54, 1.807) is 24.3 Å². The molecule has 5 nitrogen and oxygen atoms in total. The minimum atomic E-state index is -0.221. The summed E-state index contributed by atoms with van der Waals surface area (Å²) >= 11 is 0. The Kier molecular flexibility index (Phi) is 5.34. The number of amides is 1. The summed E-state index contributed by atoms with van der Waals surface area (Å²) in [6.07, 6.45) is 7.57. The second kappa shape index (κ2) is 8.31. The summed E-state index contributed by atoms with van der Waals surface area (Å²) in [5.74, 6) is 2.14. The lowest BCUT2D eigenvalue weighted by atomic mass is 9.86. The molecule has 0 bridgehead atoms. The van der Waals surface area contributed by atoms with Crippen LogP contribution in [0.1, 0.15) is 49.7 Å². The number of aromatic nitrogens is 2. The molecule has 5 rings (SSSR count). The lowest BCUT2D eigenvalue weighted by Crippen LogP contribution is -2.26. The Bertz CT molecular complexity index is 1190. The Morgan fingerprint density at radius 2 is 1.91 bits per heavy atom. The number of nitrogens with one attached hydrogen (secondary N) is 1. The largest absolute Gasteiger partial charge is 0.310 e. The van der Waals surface area contributed by atoms with Crippen LogP contribution >= 0.6 is 0 Å². The number of hydrogen-bond donors (Lipinski definition) is 1. The Hall–Kier alpha value is -3.33. The van der Waals surface area contributed by atoms with Crippen molar-refractivity contribution in [3.63, 3.8) is 0 Å². The topological polar surface area (TPSA) is 78.7 Å². The molecule has 162 valence electrons. The van der Waals surface area contributed by atoms with Crippen LogP contribution in [-0.4, -0.2) is 15.9 Å². The normalized spacial score (nSPS) is 25.3. The van der Waals surface area contributed by atoms with Gasteiger partial charge in [-0.25, -0.2) is 9.37 Å². The number of nitriles is 1. The molecule has 0 aliphatic heterocycles. The molecule has 0 unspecified atom stereocenters. The summed E-state index contributed by atoms with van der Waals surface area (Å²) in [7, 11) is 0. The molecule has 2 heterocycles. The SMILES string of the molecule is C[C@@H](C(=O)Nc1ccc(C#N)cn1)[C@H]1C[C@H]2C[C@@H](c3ccnc4ccc(F)cc34)C[C@H]2C1. The molecule has 0 spiro atoms. The van der Waals surface area contributed by atoms with Gasteiger partial charge >= 0.3 is 0 Å². The molecule has 2 saturated carbocycles. The number of pyridine rings is 2. The van der Waals surface area contributed by atoms with Crippen LogP contribution in [0.15, 0.2) is 48.8 Å². The monoisotopic (exact) mass is 428 g/mol. The maximum atomic E-state index is 13.9. The lowest BCUT2D eigenvalue weighted by Gasteiger charge is -2.21. The number of rotatable bonds is 4. The molecule has 6 heteroatoms. The molecular weight excluding hydrogens is 403 g/mol. The van der Waals surface area contributed by atoms with E-state index in [-0.39, 0.29) is 17.6 Å². The molecule has 2 fully saturated rings. The van der Waals surface area contributed by atoms with Crippen LogP contribution in [0.25, 0.3) is 10.9 Å². The van der Waals surface area contributed by atoms with Crippen LogP contribution in [0.2, 0.25) is 0 Å². The maximum Gasteiger partial charge on any atom is 0.228 e. The van der Waals surface area contributed by atoms with Crippen molar-refractivity contribution >= 4 is 22.6 Å². The minimum absolute atomic E-state index is 0.0145. The number of hydrogen-bond acceptors (Lipinski definition) is 4. The fraction of sp³-hybridized carbons (Fsp3) is 0.385. The minimum Gasteiger partial charge on any atom is -0.310 e. The average molecular weight is 429 g/mol. The van der Waals surface area contributed by atoms with E-state index < -0.39 is 0 Å². The third kappa shape index (κ3) is 3.84. The summed E-state index contributed by atoms with van der Waals surface area (Å²) in [5.41, 5.74) is 2.53. The van der Waals surface area contributed by atoms with E-state index in [4.69, 9.17) is 5.26 Å². The van der Waals surface area contributed by atoms with Crippen molar-refractivity contribution in [2.24, 2.45) is 23.7 Å². The Balaban J connectivity index is 1.23. The zero-order chi connectivity index (χ0) is 22.2. The third-order valence-electron chi connectivity index (χ3n) is 7.49. The molecule has 32 heavy (non-hydrogen) atoms. The van der Waals surface area contributed by atoms with Crippen LogP contribution in [0.3, 0.4) is 0 Å². The van der Waals surface area contributed by atoms with E-state index in [1.165, 1.54) is 17.8 Å². The second-order valence-electron chi connectivity index (χ2n) is 9.30. The van der Waals surface area contributed by atoms with Crippen molar-refractivity contribution in [1.82, 2.24) is 9.97 Å². The van der Waals surface area contributed by atoms with E-state index in [0.29, 0.717) is 35.1 Å². The highest BCUT2D eigenvalue weighted by molar-refractivity contribution is 5.91. The number of fused-ring (bicyclic) bond motifs is 2. The zero-order valence-corrected chi connectivity index (χ0v) is 18.0. The van der Waals surface area contributed by atoms with Gasteiger partial charge in [0.1, 0.15) is 17.7 Å². The lowest BCUT2D eigenvalue weighted by molar-refractivity contribution is -0.120. The van der Waals surface area contributed by atoms with Gasteiger partial charge in [-0.1, -0.05) is 6.92 Å². The quantitative estimate of drug-likeness (QED) is 0.601. The van der Waals surface area contributed by atoms with Gasteiger partial charge < -0.3 is 5.32 Å². The summed E-state index contributed by atoms with van der Waals surface area (Å²) < 4.78 is 13.9. The van der Waals surface area contributed by atoms with Crippen molar-refractivity contribution in [1.29, 1.82) is 5.26 Å². The predicted molar refractivity (Wildman–Crippen MR) is 120 cm³/mol. The highest BCUT2D eigenvalue weighted by atomic mass is 19.1. The highest BCUT2D eigenvalue weighted by Crippen LogP contribution is 2.54. The van der Waals surface area contributed by atoms with E-state index >= 15 is 0 Å². The predicted octanol–water partition coefficient (Wildman–Crippen LogP) is 5.44. The first kappa shape index (κ1) is 20.6. The van der Waals surface area contributed by atoms with Crippen molar-refractivity contribution in [2.45, 2.75) is 38.5 Å². The number of halogens is 1. The first-order valence-electron chi connectivity index (χ1n) is 11.2. The van der Waals surface area contributed by atoms with Crippen molar-refractivity contribution in [3.05, 3.63) is 65.7 Å². The molecule has 1 amide bonds. The van der Waals surface area contributed by atoms with E-state index in [9.17, 15) is 9.18 Å². The van der Waals surface area contributed by atoms with Gasteiger partial charge in [-0.05, 0) is 91.3 Å². The van der Waals surface area contributed by atoms with Gasteiger partial charge in [0, 0.05) is 23.7 Å². The van der Waals surface area contributed by atoms with Gasteiger partial charge in [0.2, 0.25) is 5.91 Å². The molecule has 2 aliphatic carbocycles. The summed E-state index contributed by atoms with van der Waals surface area (Å²) in [6, 6.07) is 12.2. The molecule has 2 aliphatic rings. The average Bonchev–Trinajstić information content (AvgIpc) is 3.38. The zero-order valence-electron chi connectivity index (χ0n) is 18.0. The van der Waals surface area contributed by atoms with E-state index in [0.717, 1.165) is 36.6 Å². The van der Waals surface area contributed by atoms with Gasteiger partial charge in [-0.15, -0.1) is 0 Å². The van der Waals surface area contributed by atoms with E-state index in [1.807, 2.05) is 25.3 Å².